The van der Waals surface area contributed by atoms with Crippen molar-refractivity contribution < 1.29 is 14.3 Å². The number of ether oxygens (including phenoxy) is 1. The first-order valence-electron chi connectivity index (χ1n) is 10.4. The van der Waals surface area contributed by atoms with Crippen molar-refractivity contribution in [3.05, 3.63) is 0 Å². The van der Waals surface area contributed by atoms with Crippen molar-refractivity contribution in [2.24, 2.45) is 29.6 Å². The summed E-state index contributed by atoms with van der Waals surface area (Å²) in [7, 11) is 0. The van der Waals surface area contributed by atoms with Gasteiger partial charge >= 0.3 is 5.97 Å². The number of nitriles is 1. The molecule has 1 N–H and O–H groups in total. The molecule has 1 amide bonds. The van der Waals surface area contributed by atoms with Crippen LogP contribution in [-0.4, -0.2) is 23.5 Å². The van der Waals surface area contributed by atoms with E-state index in [2.05, 4.69) is 11.4 Å². The SMILES string of the molecule is C[C@@H](OC(=O)C1C2CC3CC(C2)CC1C3)C(=O)NC1(C#N)CCCCC1. The van der Waals surface area contributed by atoms with Crippen LogP contribution in [0.4, 0.5) is 0 Å². The van der Waals surface area contributed by atoms with Crippen molar-refractivity contribution in [3.8, 4) is 6.07 Å². The molecule has 0 aromatic carbocycles. The van der Waals surface area contributed by atoms with Gasteiger partial charge in [0.25, 0.3) is 5.91 Å². The summed E-state index contributed by atoms with van der Waals surface area (Å²) in [6.07, 6.45) is 9.54. The van der Waals surface area contributed by atoms with Crippen molar-refractivity contribution in [1.82, 2.24) is 5.32 Å². The van der Waals surface area contributed by atoms with E-state index in [1.54, 1.807) is 6.92 Å². The molecule has 4 bridgehead atoms. The molecule has 5 saturated carbocycles. The molecule has 0 spiro atoms. The van der Waals surface area contributed by atoms with E-state index in [1.165, 1.54) is 6.42 Å². The molecule has 5 heteroatoms. The van der Waals surface area contributed by atoms with E-state index in [0.717, 1.165) is 56.8 Å². The van der Waals surface area contributed by atoms with Gasteiger partial charge in [0.1, 0.15) is 5.54 Å². The highest BCUT2D eigenvalue weighted by molar-refractivity contribution is 5.85. The van der Waals surface area contributed by atoms with Crippen LogP contribution < -0.4 is 5.32 Å². The van der Waals surface area contributed by atoms with Crippen LogP contribution in [-0.2, 0) is 14.3 Å². The predicted molar refractivity (Wildman–Crippen MR) is 95.7 cm³/mol. The predicted octanol–water partition coefficient (Wildman–Crippen LogP) is 3.33. The molecule has 0 aromatic heterocycles. The Kier molecular flexibility index (Phi) is 4.71. The van der Waals surface area contributed by atoms with Crippen LogP contribution in [0.5, 0.6) is 0 Å². The highest BCUT2D eigenvalue weighted by Gasteiger charge is 2.51. The topological polar surface area (TPSA) is 79.2 Å². The summed E-state index contributed by atoms with van der Waals surface area (Å²) in [5.41, 5.74) is -0.779. The van der Waals surface area contributed by atoms with E-state index >= 15 is 0 Å². The Bertz CT molecular complexity index is 589. The van der Waals surface area contributed by atoms with Crippen LogP contribution >= 0.6 is 0 Å². The Morgan fingerprint density at radius 1 is 1.04 bits per heavy atom. The molecule has 1 atom stereocenters. The minimum atomic E-state index is -0.827. The number of nitrogens with one attached hydrogen (secondary N) is 1. The summed E-state index contributed by atoms with van der Waals surface area (Å²) in [5.74, 6) is 2.00. The van der Waals surface area contributed by atoms with Crippen LogP contribution in [0.2, 0.25) is 0 Å². The van der Waals surface area contributed by atoms with Gasteiger partial charge in [-0.3, -0.25) is 9.59 Å². The molecule has 0 aliphatic heterocycles. The summed E-state index contributed by atoms with van der Waals surface area (Å²) in [6.45, 7) is 1.64. The summed E-state index contributed by atoms with van der Waals surface area (Å²) in [6, 6.07) is 2.29. The molecular formula is C21H30N2O3. The number of carbonyl (C=O) groups is 2. The average molecular weight is 358 g/mol. The van der Waals surface area contributed by atoms with Crippen molar-refractivity contribution in [2.45, 2.75) is 82.8 Å². The van der Waals surface area contributed by atoms with E-state index in [1.807, 2.05) is 0 Å². The van der Waals surface area contributed by atoms with Gasteiger partial charge in [-0.2, -0.15) is 5.26 Å². The zero-order valence-electron chi connectivity index (χ0n) is 15.7. The standard InChI is InChI=1S/C21H30N2O3/c1-13(19(24)23-21(12-22)5-3-2-4-6-21)26-20(25)18-16-8-14-7-15(10-16)11-17(18)9-14/h13-18H,2-11H2,1H3,(H,23,24)/t13-,14?,15?,16?,17?,18?/m1/s1. The lowest BCUT2D eigenvalue weighted by Gasteiger charge is -2.53. The molecule has 0 saturated heterocycles. The molecule has 5 aliphatic rings. The molecule has 142 valence electrons. The van der Waals surface area contributed by atoms with Crippen LogP contribution in [0.15, 0.2) is 0 Å². The zero-order chi connectivity index (χ0) is 18.3. The molecule has 5 aliphatic carbocycles. The highest BCUT2D eigenvalue weighted by Crippen LogP contribution is 2.56. The van der Waals surface area contributed by atoms with Crippen LogP contribution in [0.1, 0.15) is 71.1 Å². The van der Waals surface area contributed by atoms with Crippen molar-refractivity contribution in [1.29, 1.82) is 5.26 Å². The second-order valence-electron chi connectivity index (χ2n) is 9.28. The Balaban J connectivity index is 1.35. The third-order valence-electron chi connectivity index (χ3n) is 7.44. The van der Waals surface area contributed by atoms with Gasteiger partial charge in [0, 0.05) is 0 Å². The van der Waals surface area contributed by atoms with E-state index < -0.39 is 11.6 Å². The maximum absolute atomic E-state index is 12.8. The molecule has 0 unspecified atom stereocenters. The molecular weight excluding hydrogens is 328 g/mol. The first-order chi connectivity index (χ1) is 12.5. The van der Waals surface area contributed by atoms with Gasteiger partial charge in [-0.15, -0.1) is 0 Å². The monoisotopic (exact) mass is 358 g/mol. The fraction of sp³-hybridized carbons (Fsp3) is 0.857. The fourth-order valence-corrected chi connectivity index (χ4v) is 6.37. The molecule has 5 nitrogen and oxygen atoms in total. The third kappa shape index (κ3) is 3.23. The smallest absolute Gasteiger partial charge is 0.310 e. The second kappa shape index (κ2) is 6.87. The number of hydrogen-bond acceptors (Lipinski definition) is 4. The van der Waals surface area contributed by atoms with Gasteiger partial charge in [-0.25, -0.2) is 0 Å². The van der Waals surface area contributed by atoms with E-state index in [9.17, 15) is 14.9 Å². The summed E-state index contributed by atoms with van der Waals surface area (Å²) < 4.78 is 5.61. The van der Waals surface area contributed by atoms with E-state index in [-0.39, 0.29) is 17.8 Å². The number of hydrogen-bond donors (Lipinski definition) is 1. The van der Waals surface area contributed by atoms with Gasteiger partial charge in [-0.05, 0) is 75.5 Å². The zero-order valence-corrected chi connectivity index (χ0v) is 15.7. The summed E-state index contributed by atoms with van der Waals surface area (Å²) in [5, 5.41) is 12.4. The van der Waals surface area contributed by atoms with Crippen LogP contribution in [0.3, 0.4) is 0 Å². The van der Waals surface area contributed by atoms with Crippen LogP contribution in [0.25, 0.3) is 0 Å². The van der Waals surface area contributed by atoms with Gasteiger partial charge in [-0.1, -0.05) is 19.3 Å². The lowest BCUT2D eigenvalue weighted by atomic mass is 9.52. The van der Waals surface area contributed by atoms with Gasteiger partial charge in [0.15, 0.2) is 6.10 Å². The number of carbonyl (C=O) groups excluding carboxylic acids is 2. The van der Waals surface area contributed by atoms with Gasteiger partial charge in [0.2, 0.25) is 0 Å². The summed E-state index contributed by atoms with van der Waals surface area (Å²) >= 11 is 0. The van der Waals surface area contributed by atoms with Gasteiger partial charge in [0.05, 0.1) is 12.0 Å². The number of amides is 1. The lowest BCUT2D eigenvalue weighted by molar-refractivity contribution is -0.170. The van der Waals surface area contributed by atoms with Gasteiger partial charge < -0.3 is 10.1 Å². The first-order valence-corrected chi connectivity index (χ1v) is 10.4. The van der Waals surface area contributed by atoms with E-state index in [4.69, 9.17) is 4.74 Å². The van der Waals surface area contributed by atoms with Crippen LogP contribution in [0, 0.1) is 40.9 Å². The summed E-state index contributed by atoms with van der Waals surface area (Å²) in [4.78, 5) is 25.4. The number of rotatable bonds is 4. The highest BCUT2D eigenvalue weighted by atomic mass is 16.5. The largest absolute Gasteiger partial charge is 0.452 e. The number of nitrogens with zero attached hydrogens (tertiary/aromatic N) is 1. The maximum Gasteiger partial charge on any atom is 0.310 e. The second-order valence-corrected chi connectivity index (χ2v) is 9.28. The van der Waals surface area contributed by atoms with Crippen molar-refractivity contribution >= 4 is 11.9 Å². The average Bonchev–Trinajstić information content (AvgIpc) is 2.61. The minimum Gasteiger partial charge on any atom is -0.452 e. The minimum absolute atomic E-state index is 0.0161. The number of esters is 1. The van der Waals surface area contributed by atoms with E-state index in [0.29, 0.717) is 24.7 Å². The molecule has 26 heavy (non-hydrogen) atoms. The Hall–Kier alpha value is -1.57. The molecule has 0 radical (unpaired) electrons. The molecule has 5 fully saturated rings. The Morgan fingerprint density at radius 3 is 2.15 bits per heavy atom. The first kappa shape index (κ1) is 17.8. The van der Waals surface area contributed by atoms with Crippen molar-refractivity contribution in [2.75, 3.05) is 0 Å². The fourth-order valence-electron chi connectivity index (χ4n) is 6.37. The molecule has 5 rings (SSSR count). The quantitative estimate of drug-likeness (QED) is 0.782. The normalized spacial score (nSPS) is 38.2. The Labute approximate surface area is 155 Å². The maximum atomic E-state index is 12.8. The lowest BCUT2D eigenvalue weighted by Crippen LogP contribution is -2.53. The van der Waals surface area contributed by atoms with Crippen molar-refractivity contribution in [3.63, 3.8) is 0 Å². The molecule has 0 aromatic rings. The third-order valence-corrected chi connectivity index (χ3v) is 7.44. The Morgan fingerprint density at radius 2 is 1.62 bits per heavy atom. The molecule has 0 heterocycles.